The van der Waals surface area contributed by atoms with E-state index in [0.717, 1.165) is 70.8 Å². The summed E-state index contributed by atoms with van der Waals surface area (Å²) in [4.78, 5) is 144. The fraction of sp³-hybridized carbons (Fsp3) is 0.364. The van der Waals surface area contributed by atoms with Crippen LogP contribution in [0.15, 0.2) is 97.1 Å². The molecule has 2 spiro atoms. The molecule has 0 radical (unpaired) electrons. The SMILES string of the molecule is CC(C)(C)c1cc2c(OCC(=O)O)c(c1)Cc1cc(C(C)(C)C)cc(c1OCC(=O)O)C1(Cc3cc(C(C)(C)C)cc1c3OCC(=O)O)c1cc(C(C)(C)C)cc(c1OCC(=O)O)C2.O=C(O)COc1c2cc([N+](=O)[O-])cc1Cc1cc([N+](=O)[O-])cc(c1OCC(=O)O)C1(Cc3cc([N+](=O)[O-])cc1c3OCC(=O)O)c1cc([N+](=O)[O-])cc(c1OCC(=O)O)C2. The highest BCUT2D eigenvalue weighted by atomic mass is 16.6. The average molecular weight is 1710 g/mol. The Hall–Kier alpha value is -14.5. The van der Waals surface area contributed by atoms with Gasteiger partial charge in [-0.3, -0.25) is 40.5 Å². The Morgan fingerprint density at radius 1 is 0.258 bits per heavy atom. The summed E-state index contributed by atoms with van der Waals surface area (Å²) in [5.41, 5.74) is -2.36. The number of nitro groups is 4. The lowest BCUT2D eigenvalue weighted by molar-refractivity contribution is -0.385. The van der Waals surface area contributed by atoms with Crippen LogP contribution >= 0.6 is 0 Å². The molecule has 0 amide bonds. The van der Waals surface area contributed by atoms with Crippen LogP contribution in [0, 0.1) is 40.5 Å². The van der Waals surface area contributed by atoms with Gasteiger partial charge in [-0.25, -0.2) is 38.4 Å². The largest absolute Gasteiger partial charge is 0.481 e. The smallest absolute Gasteiger partial charge is 0.341 e. The Bertz CT molecular complexity index is 5610. The van der Waals surface area contributed by atoms with E-state index in [-0.39, 0.29) is 75.6 Å². The number of fused-ring (bicyclic) bond motifs is 22. The third-order valence-corrected chi connectivity index (χ3v) is 21.6. The molecule has 4 aliphatic carbocycles. The van der Waals surface area contributed by atoms with E-state index in [1.54, 1.807) is 0 Å². The van der Waals surface area contributed by atoms with Crippen molar-refractivity contribution in [2.45, 2.75) is 154 Å². The number of non-ortho nitro benzene ring substituents is 4. The molecule has 8 N–H and O–H groups in total. The summed E-state index contributed by atoms with van der Waals surface area (Å²) in [5, 5.41) is 129. The Balaban J connectivity index is 0.000000242. The Labute approximate surface area is 706 Å². The topological polar surface area (TPSA) is 545 Å². The standard InChI is InChI=1S/C52H62O12.C36H26N4O20/c1-48(2,3)33-15-28-13-30-17-34(49(4,5)6)20-37(45(30)62-25-41(55)56)52(23-32-19-36(51(10,11)12)22-39(52)47(32)64-27-43(59)60)38-21-35(50(7,8)9)18-31(46(38)63-26-42(57)58)14-29(16-33)44(28)61-24-40(53)54;41-28(42)12-57-32-16-1-18-5-22(38(51)52)8-25(33(18)58-13-29(43)44)36(11-20-7-24(40(55)56)10-27(36)35(20)60-15-31(47)48)26-9-23(39(53)54)6-19(34(26)59-14-30(45)46)2-17(32)4-21(3-16)37(49)50/h15-22H,13-14,23-27H2,1-12H3,(H,53,54)(H,55,56)(H,57,58)(H,59,60);3-10H,1-2,11-15H2,(H,41,42)(H,43,44)(H,45,46)(H,47,48). The van der Waals surface area contributed by atoms with Crippen LogP contribution in [0.25, 0.3) is 0 Å². The molecule has 124 heavy (non-hydrogen) atoms. The van der Waals surface area contributed by atoms with Crippen molar-refractivity contribution in [3.63, 3.8) is 0 Å². The van der Waals surface area contributed by atoms with E-state index in [9.17, 15) is 120 Å². The summed E-state index contributed by atoms with van der Waals surface area (Å²) in [6.45, 7) is 17.6. The van der Waals surface area contributed by atoms with Crippen molar-refractivity contribution in [3.05, 3.63) is 249 Å². The van der Waals surface area contributed by atoms with Crippen LogP contribution in [0.3, 0.4) is 0 Å². The normalized spacial score (nSPS) is 13.6. The van der Waals surface area contributed by atoms with Crippen molar-refractivity contribution in [1.82, 2.24) is 0 Å². The van der Waals surface area contributed by atoms with Crippen LogP contribution in [0.1, 0.15) is 194 Å². The number of rotatable bonds is 28. The summed E-state index contributed by atoms with van der Waals surface area (Å²) in [6, 6.07) is 23.3. The van der Waals surface area contributed by atoms with E-state index in [2.05, 4.69) is 83.1 Å². The van der Waals surface area contributed by atoms with Gasteiger partial charge in [0.1, 0.15) is 46.0 Å². The maximum absolute atomic E-state index is 12.7. The minimum absolute atomic E-state index is 0.132. The van der Waals surface area contributed by atoms with Crippen molar-refractivity contribution in [2.75, 3.05) is 52.9 Å². The second kappa shape index (κ2) is 34.2. The predicted octanol–water partition coefficient (Wildman–Crippen LogP) is 12.7. The predicted molar refractivity (Wildman–Crippen MR) is 436 cm³/mol. The van der Waals surface area contributed by atoms with Gasteiger partial charge in [-0.2, -0.15) is 0 Å². The van der Waals surface area contributed by atoms with Crippen molar-refractivity contribution in [1.29, 1.82) is 0 Å². The zero-order valence-corrected chi connectivity index (χ0v) is 69.3. The number of nitrogens with zero attached hydrogens (tertiary/aromatic N) is 4. The van der Waals surface area contributed by atoms with E-state index in [4.69, 9.17) is 37.9 Å². The fourth-order valence-electron chi connectivity index (χ4n) is 16.2. The van der Waals surface area contributed by atoms with Gasteiger partial charge in [0, 0.05) is 135 Å². The lowest BCUT2D eigenvalue weighted by atomic mass is 9.65. The van der Waals surface area contributed by atoms with E-state index in [1.165, 1.54) is 0 Å². The van der Waals surface area contributed by atoms with E-state index >= 15 is 0 Å². The minimum atomic E-state index is -2.32. The zero-order chi connectivity index (χ0) is 91.3. The molecular weight excluding hydrogens is 1620 g/mol. The van der Waals surface area contributed by atoms with Gasteiger partial charge in [-0.1, -0.05) is 132 Å². The van der Waals surface area contributed by atoms with Crippen LogP contribution in [0.5, 0.6) is 46.0 Å². The van der Waals surface area contributed by atoms with Gasteiger partial charge in [-0.05, 0) is 84.6 Å². The third kappa shape index (κ3) is 18.7. The first-order valence-electron chi connectivity index (χ1n) is 38.5. The lowest BCUT2D eigenvalue weighted by Crippen LogP contribution is -2.33. The van der Waals surface area contributed by atoms with Gasteiger partial charge in [0.25, 0.3) is 22.7 Å². The number of carboxylic acid groups (broad SMARTS) is 8. The minimum Gasteiger partial charge on any atom is -0.481 e. The molecule has 0 aromatic heterocycles. The lowest BCUT2D eigenvalue weighted by Gasteiger charge is -2.38. The molecule has 0 fully saturated rings. The molecule has 12 rings (SSSR count). The zero-order valence-electron chi connectivity index (χ0n) is 69.3. The van der Waals surface area contributed by atoms with Gasteiger partial charge in [-0.15, -0.1) is 0 Å². The van der Waals surface area contributed by atoms with Crippen molar-refractivity contribution >= 4 is 70.5 Å². The monoisotopic (exact) mass is 1710 g/mol. The van der Waals surface area contributed by atoms with Crippen molar-refractivity contribution in [2.24, 2.45) is 0 Å². The number of aliphatic carboxylic acids is 8. The summed E-state index contributed by atoms with van der Waals surface area (Å²) in [6.07, 6.45) is -1.45. The number of ether oxygens (including phenoxy) is 8. The van der Waals surface area contributed by atoms with Crippen molar-refractivity contribution < 1.29 is 137 Å². The van der Waals surface area contributed by atoms with Crippen LogP contribution < -0.4 is 37.9 Å². The molecule has 36 nitrogen and oxygen atoms in total. The molecule has 8 aromatic carbocycles. The highest BCUT2D eigenvalue weighted by Gasteiger charge is 2.54. The highest BCUT2D eigenvalue weighted by Crippen LogP contribution is 2.63. The number of hydrogen-bond donors (Lipinski definition) is 8. The number of carbonyl (C=O) groups is 8. The molecule has 0 saturated heterocycles. The third-order valence-electron chi connectivity index (χ3n) is 21.6. The first-order chi connectivity index (χ1) is 57.8. The van der Waals surface area contributed by atoms with E-state index in [0.29, 0.717) is 56.0 Å². The number of benzene rings is 8. The molecule has 0 unspecified atom stereocenters. The number of carboxylic acids is 8. The average Bonchev–Trinajstić information content (AvgIpc) is 1.50. The molecule has 16 bridgehead atoms. The second-order valence-electron chi connectivity index (χ2n) is 34.6. The fourth-order valence-corrected chi connectivity index (χ4v) is 16.2. The van der Waals surface area contributed by atoms with Gasteiger partial charge in [0.05, 0.1) is 30.5 Å². The van der Waals surface area contributed by atoms with Gasteiger partial charge >= 0.3 is 47.8 Å². The van der Waals surface area contributed by atoms with Gasteiger partial charge in [0.2, 0.25) is 0 Å². The maximum atomic E-state index is 12.7. The van der Waals surface area contributed by atoms with Crippen LogP contribution in [-0.4, -0.2) is 161 Å². The maximum Gasteiger partial charge on any atom is 0.341 e. The summed E-state index contributed by atoms with van der Waals surface area (Å²) in [5.74, 6) is -11.7. The molecule has 0 heterocycles. The first-order valence-corrected chi connectivity index (χ1v) is 38.5. The van der Waals surface area contributed by atoms with Crippen LogP contribution in [0.4, 0.5) is 22.7 Å². The summed E-state index contributed by atoms with van der Waals surface area (Å²) >= 11 is 0. The summed E-state index contributed by atoms with van der Waals surface area (Å²) in [7, 11) is 0. The molecule has 4 aliphatic rings. The van der Waals surface area contributed by atoms with Crippen LogP contribution in [-0.2, 0) is 109 Å². The number of hydrogen-bond acceptors (Lipinski definition) is 24. The molecule has 36 heteroatoms. The summed E-state index contributed by atoms with van der Waals surface area (Å²) < 4.78 is 48.6. The highest BCUT2D eigenvalue weighted by molar-refractivity contribution is 5.80. The van der Waals surface area contributed by atoms with E-state index < -0.39 is 217 Å². The quantitative estimate of drug-likeness (QED) is 0.0167. The Morgan fingerprint density at radius 3 is 0.629 bits per heavy atom. The van der Waals surface area contributed by atoms with E-state index in [1.807, 2.05) is 48.5 Å². The second-order valence-corrected chi connectivity index (χ2v) is 34.6. The molecule has 0 aliphatic heterocycles. The van der Waals surface area contributed by atoms with Gasteiger partial charge < -0.3 is 78.7 Å². The molecule has 652 valence electrons. The molecule has 0 atom stereocenters. The molecule has 0 saturated carbocycles. The van der Waals surface area contributed by atoms with Gasteiger partial charge in [0.15, 0.2) is 52.9 Å². The molecular formula is C88H88N4O32. The Kier molecular flexibility index (Phi) is 24.9. The molecule has 8 aromatic rings. The first kappa shape index (κ1) is 90.3. The van der Waals surface area contributed by atoms with Crippen LogP contribution in [0.2, 0.25) is 0 Å². The van der Waals surface area contributed by atoms with Crippen molar-refractivity contribution in [3.8, 4) is 46.0 Å². The Morgan fingerprint density at radius 2 is 0.411 bits per heavy atom. The number of nitro benzene ring substituents is 4.